The lowest BCUT2D eigenvalue weighted by molar-refractivity contribution is -0.133. The molecule has 114 valence electrons. The molecule has 1 aromatic heterocycles. The Balaban J connectivity index is 2.53. The molecule has 1 heterocycles. The number of hydrogen-bond acceptors (Lipinski definition) is 3. The largest absolute Gasteiger partial charge is 0.369 e. The third-order valence-corrected chi connectivity index (χ3v) is 4.19. The van der Waals surface area contributed by atoms with Crippen molar-refractivity contribution >= 4 is 38.8 Å². The van der Waals surface area contributed by atoms with Crippen molar-refractivity contribution in [2.45, 2.75) is 26.8 Å². The van der Waals surface area contributed by atoms with E-state index in [1.54, 1.807) is 22.5 Å². The topological polar surface area (TPSA) is 64.2 Å². The summed E-state index contributed by atoms with van der Waals surface area (Å²) in [6.45, 7) is 6.88. The molecule has 1 aromatic carbocycles. The van der Waals surface area contributed by atoms with Crippen molar-refractivity contribution in [1.82, 2.24) is 14.5 Å². The summed E-state index contributed by atoms with van der Waals surface area (Å²) >= 11 is 3.15. The van der Waals surface area contributed by atoms with Gasteiger partial charge < -0.3 is 10.6 Å². The minimum atomic E-state index is -0.493. The van der Waals surface area contributed by atoms with Crippen molar-refractivity contribution in [3.8, 4) is 0 Å². The molecule has 1 unspecified atom stereocenters. The Kier molecular flexibility index (Phi) is 4.51. The van der Waals surface area contributed by atoms with Crippen LogP contribution >= 0.6 is 15.9 Å². The molecule has 2 rings (SSSR count). The number of nitrogen functional groups attached to an aromatic ring is 1. The van der Waals surface area contributed by atoms with Gasteiger partial charge in [0.1, 0.15) is 11.9 Å². The summed E-state index contributed by atoms with van der Waals surface area (Å²) in [5, 5.41) is 0. The van der Waals surface area contributed by atoms with Gasteiger partial charge in [0.05, 0.1) is 15.5 Å². The van der Waals surface area contributed by atoms with Crippen molar-refractivity contribution in [3.05, 3.63) is 22.4 Å². The standard InChI is InChI=1S/C14H18BrFN4O/c1-4-19(5-2)13(21)8(3)20-12-6-9(15)10(16)7-11(12)18-14(20)17/h6-8H,4-5H2,1-3H3,(H2,17,18). The zero-order valence-electron chi connectivity index (χ0n) is 12.2. The van der Waals surface area contributed by atoms with Gasteiger partial charge in [-0.05, 0) is 42.8 Å². The van der Waals surface area contributed by atoms with Gasteiger partial charge in [0.25, 0.3) is 0 Å². The third kappa shape index (κ3) is 2.74. The lowest BCUT2D eigenvalue weighted by Gasteiger charge is -2.24. The summed E-state index contributed by atoms with van der Waals surface area (Å²) < 4.78 is 15.5. The molecule has 0 radical (unpaired) electrons. The van der Waals surface area contributed by atoms with Crippen LogP contribution in [0.15, 0.2) is 16.6 Å². The number of aromatic nitrogens is 2. The summed E-state index contributed by atoms with van der Waals surface area (Å²) in [7, 11) is 0. The van der Waals surface area contributed by atoms with Crippen LogP contribution in [0.25, 0.3) is 11.0 Å². The second kappa shape index (κ2) is 6.01. The van der Waals surface area contributed by atoms with Gasteiger partial charge in [0.2, 0.25) is 11.9 Å². The van der Waals surface area contributed by atoms with Crippen LogP contribution < -0.4 is 5.73 Å². The summed E-state index contributed by atoms with van der Waals surface area (Å²) in [5.74, 6) is -0.239. The molecule has 0 aliphatic carbocycles. The number of amides is 1. The van der Waals surface area contributed by atoms with Gasteiger partial charge in [-0.1, -0.05) is 0 Å². The fraction of sp³-hybridized carbons (Fsp3) is 0.429. The van der Waals surface area contributed by atoms with Crippen LogP contribution in [0.4, 0.5) is 10.3 Å². The van der Waals surface area contributed by atoms with Crippen LogP contribution in [0, 0.1) is 5.82 Å². The Bertz CT molecular complexity index is 681. The van der Waals surface area contributed by atoms with Crippen LogP contribution in [-0.2, 0) is 4.79 Å². The van der Waals surface area contributed by atoms with E-state index in [-0.39, 0.29) is 11.9 Å². The van der Waals surface area contributed by atoms with Gasteiger partial charge in [0, 0.05) is 19.2 Å². The molecular weight excluding hydrogens is 339 g/mol. The Morgan fingerprint density at radius 3 is 2.67 bits per heavy atom. The Labute approximate surface area is 131 Å². The number of halogens is 2. The molecule has 1 atom stereocenters. The SMILES string of the molecule is CCN(CC)C(=O)C(C)n1c(N)nc2cc(F)c(Br)cc21. The molecule has 5 nitrogen and oxygen atoms in total. The number of nitrogens with two attached hydrogens (primary N) is 1. The maximum Gasteiger partial charge on any atom is 0.245 e. The van der Waals surface area contributed by atoms with E-state index in [1.165, 1.54) is 6.07 Å². The predicted molar refractivity (Wildman–Crippen MR) is 84.4 cm³/mol. The minimum Gasteiger partial charge on any atom is -0.369 e. The quantitative estimate of drug-likeness (QED) is 0.915. The molecule has 21 heavy (non-hydrogen) atoms. The van der Waals surface area contributed by atoms with Crippen molar-refractivity contribution in [1.29, 1.82) is 0 Å². The first-order valence-electron chi connectivity index (χ1n) is 6.81. The van der Waals surface area contributed by atoms with Gasteiger partial charge in [-0.25, -0.2) is 9.37 Å². The van der Waals surface area contributed by atoms with Crippen LogP contribution in [0.1, 0.15) is 26.8 Å². The molecule has 0 saturated heterocycles. The van der Waals surface area contributed by atoms with E-state index in [9.17, 15) is 9.18 Å². The molecule has 0 fully saturated rings. The maximum atomic E-state index is 13.6. The van der Waals surface area contributed by atoms with E-state index in [1.807, 2.05) is 13.8 Å². The molecule has 2 N–H and O–H groups in total. The average molecular weight is 357 g/mol. The predicted octanol–water partition coefficient (Wildman–Crippen LogP) is 2.95. The number of likely N-dealkylation sites (N-methyl/N-ethyl adjacent to an activating group) is 1. The molecule has 7 heteroatoms. The molecule has 2 aromatic rings. The Morgan fingerprint density at radius 1 is 1.48 bits per heavy atom. The van der Waals surface area contributed by atoms with Crippen LogP contribution in [0.2, 0.25) is 0 Å². The first kappa shape index (κ1) is 15.8. The van der Waals surface area contributed by atoms with Crippen molar-refractivity contribution in [3.63, 3.8) is 0 Å². The second-order valence-corrected chi connectivity index (χ2v) is 5.64. The van der Waals surface area contributed by atoms with E-state index < -0.39 is 11.9 Å². The summed E-state index contributed by atoms with van der Waals surface area (Å²) in [6.07, 6.45) is 0. The van der Waals surface area contributed by atoms with Gasteiger partial charge in [-0.15, -0.1) is 0 Å². The smallest absolute Gasteiger partial charge is 0.245 e. The lowest BCUT2D eigenvalue weighted by atomic mass is 10.2. The van der Waals surface area contributed by atoms with E-state index in [4.69, 9.17) is 5.73 Å². The second-order valence-electron chi connectivity index (χ2n) is 4.78. The van der Waals surface area contributed by atoms with Crippen molar-refractivity contribution in [2.75, 3.05) is 18.8 Å². The normalized spacial score (nSPS) is 12.6. The monoisotopic (exact) mass is 356 g/mol. The van der Waals surface area contributed by atoms with Gasteiger partial charge in [0.15, 0.2) is 0 Å². The zero-order chi connectivity index (χ0) is 15.7. The third-order valence-electron chi connectivity index (χ3n) is 3.58. The van der Waals surface area contributed by atoms with Crippen LogP contribution in [0.3, 0.4) is 0 Å². The number of nitrogens with zero attached hydrogens (tertiary/aromatic N) is 3. The Hall–Kier alpha value is -1.63. The molecule has 0 spiro atoms. The minimum absolute atomic E-state index is 0.0357. The molecular formula is C14H18BrFN4O. The Morgan fingerprint density at radius 2 is 2.10 bits per heavy atom. The first-order valence-corrected chi connectivity index (χ1v) is 7.61. The highest BCUT2D eigenvalue weighted by atomic mass is 79.9. The first-order chi connectivity index (χ1) is 9.90. The van der Waals surface area contributed by atoms with Gasteiger partial charge in [-0.3, -0.25) is 9.36 Å². The highest BCUT2D eigenvalue weighted by Gasteiger charge is 2.24. The number of carbonyl (C=O) groups excluding carboxylic acids is 1. The van der Waals surface area contributed by atoms with Gasteiger partial charge >= 0.3 is 0 Å². The maximum absolute atomic E-state index is 13.6. The molecule has 0 aliphatic heterocycles. The molecule has 0 bridgehead atoms. The number of hydrogen-bond donors (Lipinski definition) is 1. The van der Waals surface area contributed by atoms with Gasteiger partial charge in [-0.2, -0.15) is 0 Å². The van der Waals surface area contributed by atoms with Crippen LogP contribution in [0.5, 0.6) is 0 Å². The van der Waals surface area contributed by atoms with E-state index >= 15 is 0 Å². The fourth-order valence-corrected chi connectivity index (χ4v) is 2.76. The van der Waals surface area contributed by atoms with E-state index in [0.717, 1.165) is 0 Å². The molecule has 0 aliphatic rings. The summed E-state index contributed by atoms with van der Waals surface area (Å²) in [5.41, 5.74) is 6.99. The highest BCUT2D eigenvalue weighted by molar-refractivity contribution is 9.10. The molecule has 1 amide bonds. The number of imidazole rings is 1. The lowest BCUT2D eigenvalue weighted by Crippen LogP contribution is -2.36. The average Bonchev–Trinajstić information content (AvgIpc) is 2.75. The molecule has 0 saturated carbocycles. The van der Waals surface area contributed by atoms with Crippen molar-refractivity contribution in [2.24, 2.45) is 0 Å². The number of carbonyl (C=O) groups is 1. The number of benzene rings is 1. The summed E-state index contributed by atoms with van der Waals surface area (Å²) in [4.78, 5) is 18.4. The number of fused-ring (bicyclic) bond motifs is 1. The van der Waals surface area contributed by atoms with E-state index in [2.05, 4.69) is 20.9 Å². The zero-order valence-corrected chi connectivity index (χ0v) is 13.8. The number of anilines is 1. The fourth-order valence-electron chi connectivity index (χ4n) is 2.43. The van der Waals surface area contributed by atoms with Crippen molar-refractivity contribution < 1.29 is 9.18 Å². The summed E-state index contributed by atoms with van der Waals surface area (Å²) in [6, 6.07) is 2.41. The number of rotatable bonds is 4. The van der Waals surface area contributed by atoms with Crippen LogP contribution in [-0.4, -0.2) is 33.4 Å². The van der Waals surface area contributed by atoms with E-state index in [0.29, 0.717) is 28.6 Å². The highest BCUT2D eigenvalue weighted by Crippen LogP contribution is 2.28.